The molecule has 0 amide bonds. The molecule has 0 radical (unpaired) electrons. The van der Waals surface area contributed by atoms with Gasteiger partial charge in [0.05, 0.1) is 0 Å². The van der Waals surface area contributed by atoms with Crippen LogP contribution in [0.5, 0.6) is 0 Å². The molecule has 0 saturated carbocycles. The SMILES string of the molecule is NS(=O)(=O)C#Cc1ccc(F)cc1. The predicted molar refractivity (Wildman–Crippen MR) is 46.4 cm³/mol. The molecule has 1 aromatic carbocycles. The highest BCUT2D eigenvalue weighted by Gasteiger charge is 1.93. The van der Waals surface area contributed by atoms with Crippen molar-refractivity contribution in [2.45, 2.75) is 0 Å². The van der Waals surface area contributed by atoms with Gasteiger partial charge in [-0.25, -0.2) is 9.53 Å². The Hall–Kier alpha value is -1.38. The molecule has 3 nitrogen and oxygen atoms in total. The summed E-state index contributed by atoms with van der Waals surface area (Å²) >= 11 is 0. The van der Waals surface area contributed by atoms with Gasteiger partial charge in [0, 0.05) is 10.8 Å². The van der Waals surface area contributed by atoms with E-state index in [9.17, 15) is 12.8 Å². The first-order valence-corrected chi connectivity index (χ1v) is 4.83. The van der Waals surface area contributed by atoms with Crippen molar-refractivity contribution in [1.82, 2.24) is 0 Å². The fraction of sp³-hybridized carbons (Fsp3) is 0. The average Bonchev–Trinajstić information content (AvgIpc) is 2.02. The zero-order valence-electron chi connectivity index (χ0n) is 6.49. The van der Waals surface area contributed by atoms with E-state index in [2.05, 4.69) is 11.1 Å². The van der Waals surface area contributed by atoms with Crippen molar-refractivity contribution in [1.29, 1.82) is 0 Å². The summed E-state index contributed by atoms with van der Waals surface area (Å²) in [5.74, 6) is 1.88. The Kier molecular flexibility index (Phi) is 2.66. The van der Waals surface area contributed by atoms with Gasteiger partial charge < -0.3 is 0 Å². The highest BCUT2D eigenvalue weighted by atomic mass is 32.2. The summed E-state index contributed by atoms with van der Waals surface area (Å²) in [5, 5.41) is 6.47. The van der Waals surface area contributed by atoms with Crippen molar-refractivity contribution < 1.29 is 12.8 Å². The first-order chi connectivity index (χ1) is 5.97. The van der Waals surface area contributed by atoms with Gasteiger partial charge in [0.2, 0.25) is 0 Å². The van der Waals surface area contributed by atoms with Crippen LogP contribution in [0.4, 0.5) is 4.39 Å². The molecular formula is C8H6FNO2S. The lowest BCUT2D eigenvalue weighted by molar-refractivity contribution is 0.607. The second-order valence-corrected chi connectivity index (χ2v) is 3.57. The Labute approximate surface area is 75.4 Å². The molecule has 0 spiro atoms. The standard InChI is InChI=1S/C8H6FNO2S/c9-8-3-1-7(2-4-8)5-6-13(10,11)12/h1-4H,(H2,10,11,12). The Balaban J connectivity index is 2.98. The summed E-state index contributed by atoms with van der Waals surface area (Å²) in [5.41, 5.74) is 0.399. The van der Waals surface area contributed by atoms with E-state index in [1.54, 1.807) is 0 Å². The molecule has 0 aromatic heterocycles. The van der Waals surface area contributed by atoms with Crippen LogP contribution in [-0.4, -0.2) is 8.42 Å². The van der Waals surface area contributed by atoms with E-state index in [0.717, 1.165) is 0 Å². The zero-order valence-corrected chi connectivity index (χ0v) is 7.31. The fourth-order valence-corrected chi connectivity index (χ4v) is 0.923. The third kappa shape index (κ3) is 3.69. The molecule has 5 heteroatoms. The van der Waals surface area contributed by atoms with E-state index in [1.807, 2.05) is 5.25 Å². The van der Waals surface area contributed by atoms with Gasteiger partial charge in [0.25, 0.3) is 10.0 Å². The number of primary sulfonamides is 1. The van der Waals surface area contributed by atoms with Gasteiger partial charge >= 0.3 is 0 Å². The van der Waals surface area contributed by atoms with E-state index in [1.165, 1.54) is 24.3 Å². The van der Waals surface area contributed by atoms with Crippen LogP contribution >= 0.6 is 0 Å². The van der Waals surface area contributed by atoms with E-state index < -0.39 is 15.8 Å². The van der Waals surface area contributed by atoms with Gasteiger partial charge in [-0.2, -0.15) is 8.42 Å². The molecule has 68 valence electrons. The van der Waals surface area contributed by atoms with Crippen molar-refractivity contribution in [3.63, 3.8) is 0 Å². The van der Waals surface area contributed by atoms with E-state index in [4.69, 9.17) is 0 Å². The Morgan fingerprint density at radius 2 is 1.77 bits per heavy atom. The summed E-state index contributed by atoms with van der Waals surface area (Å²) in [6.45, 7) is 0. The number of sulfonamides is 1. The minimum absolute atomic E-state index is 0.399. The topological polar surface area (TPSA) is 60.2 Å². The first-order valence-electron chi connectivity index (χ1n) is 3.28. The highest BCUT2D eigenvalue weighted by Crippen LogP contribution is 2.00. The van der Waals surface area contributed by atoms with Gasteiger partial charge in [-0.05, 0) is 30.2 Å². The van der Waals surface area contributed by atoms with E-state index >= 15 is 0 Å². The van der Waals surface area contributed by atoms with Crippen LogP contribution in [0.25, 0.3) is 0 Å². The molecule has 0 saturated heterocycles. The maximum atomic E-state index is 12.4. The van der Waals surface area contributed by atoms with Crippen LogP contribution < -0.4 is 5.14 Å². The van der Waals surface area contributed by atoms with Crippen LogP contribution in [0.15, 0.2) is 24.3 Å². The fourth-order valence-electron chi connectivity index (χ4n) is 0.663. The van der Waals surface area contributed by atoms with Crippen molar-refractivity contribution >= 4 is 10.0 Å². The molecule has 1 rings (SSSR count). The smallest absolute Gasteiger partial charge is 0.218 e. The molecule has 0 bridgehead atoms. The average molecular weight is 199 g/mol. The molecule has 0 atom stereocenters. The van der Waals surface area contributed by atoms with E-state index in [0.29, 0.717) is 5.56 Å². The molecule has 0 fully saturated rings. The van der Waals surface area contributed by atoms with Gasteiger partial charge in [-0.15, -0.1) is 0 Å². The van der Waals surface area contributed by atoms with Gasteiger partial charge in [0.1, 0.15) is 5.82 Å². The molecular weight excluding hydrogens is 193 g/mol. The summed E-state index contributed by atoms with van der Waals surface area (Å²) in [7, 11) is -3.79. The van der Waals surface area contributed by atoms with Crippen LogP contribution in [0, 0.1) is 17.0 Å². The number of hydrogen-bond donors (Lipinski definition) is 1. The maximum Gasteiger partial charge on any atom is 0.278 e. The van der Waals surface area contributed by atoms with Crippen LogP contribution in [0.2, 0.25) is 0 Å². The Morgan fingerprint density at radius 1 is 1.23 bits per heavy atom. The lowest BCUT2D eigenvalue weighted by Gasteiger charge is -1.88. The number of rotatable bonds is 0. The third-order valence-corrected chi connectivity index (χ3v) is 1.57. The van der Waals surface area contributed by atoms with Crippen molar-refractivity contribution in [3.8, 4) is 11.2 Å². The number of hydrogen-bond acceptors (Lipinski definition) is 2. The normalized spacial score (nSPS) is 10.3. The minimum atomic E-state index is -3.79. The molecule has 0 aliphatic carbocycles. The second kappa shape index (κ2) is 3.56. The van der Waals surface area contributed by atoms with Crippen molar-refractivity contribution in [2.24, 2.45) is 5.14 Å². The monoisotopic (exact) mass is 199 g/mol. The minimum Gasteiger partial charge on any atom is -0.218 e. The molecule has 1 aromatic rings. The number of benzene rings is 1. The largest absolute Gasteiger partial charge is 0.278 e. The summed E-state index contributed by atoms with van der Waals surface area (Å²) in [4.78, 5) is 0. The molecule has 2 N–H and O–H groups in total. The number of halogens is 1. The van der Waals surface area contributed by atoms with Gasteiger partial charge in [-0.1, -0.05) is 0 Å². The predicted octanol–water partition coefficient (Wildman–Crippen LogP) is 0.423. The first kappa shape index (κ1) is 9.71. The van der Waals surface area contributed by atoms with E-state index in [-0.39, 0.29) is 0 Å². The van der Waals surface area contributed by atoms with Gasteiger partial charge in [-0.3, -0.25) is 0 Å². The molecule has 0 aliphatic rings. The van der Waals surface area contributed by atoms with Crippen LogP contribution in [0.1, 0.15) is 5.56 Å². The Bertz CT molecular complexity index is 453. The highest BCUT2D eigenvalue weighted by molar-refractivity contribution is 7.93. The lowest BCUT2D eigenvalue weighted by Crippen LogP contribution is -2.07. The van der Waals surface area contributed by atoms with Crippen LogP contribution in [0.3, 0.4) is 0 Å². The second-order valence-electron chi connectivity index (χ2n) is 2.28. The molecule has 0 heterocycles. The molecule has 13 heavy (non-hydrogen) atoms. The zero-order chi connectivity index (χ0) is 9.90. The van der Waals surface area contributed by atoms with Gasteiger partial charge in [0.15, 0.2) is 0 Å². The molecule has 0 unspecified atom stereocenters. The Morgan fingerprint density at radius 3 is 2.23 bits per heavy atom. The van der Waals surface area contributed by atoms with Crippen LogP contribution in [-0.2, 0) is 10.0 Å². The summed E-state index contributed by atoms with van der Waals surface area (Å²) in [6.07, 6.45) is 0. The summed E-state index contributed by atoms with van der Waals surface area (Å²) in [6, 6.07) is 5.11. The van der Waals surface area contributed by atoms with Crippen molar-refractivity contribution in [3.05, 3.63) is 35.6 Å². The lowest BCUT2D eigenvalue weighted by atomic mass is 10.2. The quantitative estimate of drug-likeness (QED) is 0.616. The number of nitrogens with two attached hydrogens (primary N) is 1. The maximum absolute atomic E-state index is 12.4. The molecule has 0 aliphatic heterocycles. The third-order valence-electron chi connectivity index (χ3n) is 1.18. The summed E-state index contributed by atoms with van der Waals surface area (Å²) < 4.78 is 33.2. The van der Waals surface area contributed by atoms with Crippen molar-refractivity contribution in [2.75, 3.05) is 0 Å².